The average molecular weight is 259 g/mol. The summed E-state index contributed by atoms with van der Waals surface area (Å²) in [7, 11) is 0. The van der Waals surface area contributed by atoms with Gasteiger partial charge in [-0.3, -0.25) is 4.79 Å². The van der Waals surface area contributed by atoms with Crippen LogP contribution in [-0.4, -0.2) is 28.4 Å². The lowest BCUT2D eigenvalue weighted by atomic mass is 10.1. The second-order valence-electron chi connectivity index (χ2n) is 4.18. The summed E-state index contributed by atoms with van der Waals surface area (Å²) in [6.07, 6.45) is 4.04. The Hall–Kier alpha value is -2.14. The van der Waals surface area contributed by atoms with Crippen molar-refractivity contribution in [2.24, 2.45) is 5.73 Å². The van der Waals surface area contributed by atoms with Crippen LogP contribution in [0.3, 0.4) is 0 Å². The molecule has 0 aliphatic heterocycles. The van der Waals surface area contributed by atoms with E-state index in [1.807, 2.05) is 36.5 Å². The molecule has 1 aromatic carbocycles. The Morgan fingerprint density at radius 1 is 1.47 bits per heavy atom. The minimum absolute atomic E-state index is 0.347. The van der Waals surface area contributed by atoms with Gasteiger partial charge in [0.1, 0.15) is 6.04 Å². The lowest BCUT2D eigenvalue weighted by Gasteiger charge is -2.11. The van der Waals surface area contributed by atoms with Gasteiger partial charge in [0, 0.05) is 12.4 Å². The summed E-state index contributed by atoms with van der Waals surface area (Å²) in [5.41, 5.74) is 7.73. The molecule has 0 amide bonds. The number of benzene rings is 1. The molecule has 1 aromatic heterocycles. The van der Waals surface area contributed by atoms with Crippen LogP contribution in [0.15, 0.2) is 42.7 Å². The van der Waals surface area contributed by atoms with E-state index in [-0.39, 0.29) is 5.97 Å². The number of nitrogens with zero attached hydrogens (tertiary/aromatic N) is 2. The minimum Gasteiger partial charge on any atom is -0.465 e. The van der Waals surface area contributed by atoms with E-state index < -0.39 is 6.04 Å². The van der Waals surface area contributed by atoms with Gasteiger partial charge in [0.2, 0.25) is 0 Å². The van der Waals surface area contributed by atoms with Crippen molar-refractivity contribution in [1.29, 1.82) is 0 Å². The quantitative estimate of drug-likeness (QED) is 0.822. The summed E-state index contributed by atoms with van der Waals surface area (Å²) in [6.45, 7) is 2.11. The van der Waals surface area contributed by atoms with E-state index in [0.717, 1.165) is 11.3 Å². The summed E-state index contributed by atoms with van der Waals surface area (Å²) in [4.78, 5) is 11.5. The molecule has 1 heterocycles. The average Bonchev–Trinajstić information content (AvgIpc) is 2.93. The Morgan fingerprint density at radius 3 is 3.00 bits per heavy atom. The zero-order chi connectivity index (χ0) is 13.7. The lowest BCUT2D eigenvalue weighted by Crippen LogP contribution is -2.34. The van der Waals surface area contributed by atoms with Crippen molar-refractivity contribution in [3.63, 3.8) is 0 Å². The van der Waals surface area contributed by atoms with Gasteiger partial charge in [-0.25, -0.2) is 4.68 Å². The Labute approximate surface area is 112 Å². The number of nitrogens with two attached hydrogens (primary N) is 1. The summed E-state index contributed by atoms with van der Waals surface area (Å²) < 4.78 is 6.66. The molecule has 5 heteroatoms. The van der Waals surface area contributed by atoms with Crippen LogP contribution in [-0.2, 0) is 16.0 Å². The molecule has 0 aliphatic rings. The van der Waals surface area contributed by atoms with Crippen molar-refractivity contribution < 1.29 is 9.53 Å². The van der Waals surface area contributed by atoms with Gasteiger partial charge in [-0.2, -0.15) is 5.10 Å². The van der Waals surface area contributed by atoms with Gasteiger partial charge >= 0.3 is 5.97 Å². The smallest absolute Gasteiger partial charge is 0.323 e. The van der Waals surface area contributed by atoms with Gasteiger partial charge < -0.3 is 10.5 Å². The highest BCUT2D eigenvalue weighted by Gasteiger charge is 2.15. The molecule has 2 aromatic rings. The third kappa shape index (κ3) is 3.42. The van der Waals surface area contributed by atoms with E-state index in [4.69, 9.17) is 10.5 Å². The van der Waals surface area contributed by atoms with Crippen molar-refractivity contribution in [3.05, 3.63) is 48.3 Å². The Morgan fingerprint density at radius 2 is 2.32 bits per heavy atom. The Kier molecular flexibility index (Phi) is 4.30. The van der Waals surface area contributed by atoms with Crippen LogP contribution in [0.2, 0.25) is 0 Å². The van der Waals surface area contributed by atoms with E-state index in [9.17, 15) is 4.79 Å². The van der Waals surface area contributed by atoms with Crippen LogP contribution in [0.4, 0.5) is 0 Å². The van der Waals surface area contributed by atoms with Crippen molar-refractivity contribution >= 4 is 5.97 Å². The standard InChI is InChI=1S/C14H17N3O2/c1-2-19-14(18)13(15)10-11-5-3-6-12(9-11)17-8-4-7-16-17/h3-9,13H,2,10,15H2,1H3. The molecule has 5 nitrogen and oxygen atoms in total. The number of rotatable bonds is 5. The number of carbonyl (C=O) groups is 1. The van der Waals surface area contributed by atoms with Crippen LogP contribution in [0, 0.1) is 0 Å². The van der Waals surface area contributed by atoms with Crippen LogP contribution in [0.5, 0.6) is 0 Å². The molecule has 0 saturated carbocycles. The van der Waals surface area contributed by atoms with E-state index in [2.05, 4.69) is 5.10 Å². The molecule has 0 saturated heterocycles. The Balaban J connectivity index is 2.09. The van der Waals surface area contributed by atoms with Crippen LogP contribution < -0.4 is 5.73 Å². The van der Waals surface area contributed by atoms with Crippen LogP contribution in [0.1, 0.15) is 12.5 Å². The third-order valence-electron chi connectivity index (χ3n) is 2.72. The molecular weight excluding hydrogens is 242 g/mol. The van der Waals surface area contributed by atoms with E-state index in [1.165, 1.54) is 0 Å². The van der Waals surface area contributed by atoms with Gasteiger partial charge in [-0.05, 0) is 37.1 Å². The van der Waals surface area contributed by atoms with Gasteiger partial charge in [0.15, 0.2) is 0 Å². The monoisotopic (exact) mass is 259 g/mol. The van der Waals surface area contributed by atoms with Crippen molar-refractivity contribution in [2.45, 2.75) is 19.4 Å². The first-order chi connectivity index (χ1) is 9.20. The van der Waals surface area contributed by atoms with Gasteiger partial charge in [-0.15, -0.1) is 0 Å². The van der Waals surface area contributed by atoms with Crippen LogP contribution in [0.25, 0.3) is 5.69 Å². The fourth-order valence-electron chi connectivity index (χ4n) is 1.83. The maximum absolute atomic E-state index is 11.5. The highest BCUT2D eigenvalue weighted by atomic mass is 16.5. The first-order valence-electron chi connectivity index (χ1n) is 6.22. The molecule has 19 heavy (non-hydrogen) atoms. The Bertz CT molecular complexity index is 537. The van der Waals surface area contributed by atoms with Crippen molar-refractivity contribution in [1.82, 2.24) is 9.78 Å². The maximum atomic E-state index is 11.5. The summed E-state index contributed by atoms with van der Waals surface area (Å²) in [5.74, 6) is -0.369. The molecular formula is C14H17N3O2. The predicted molar refractivity (Wildman–Crippen MR) is 71.9 cm³/mol. The number of hydrogen-bond acceptors (Lipinski definition) is 4. The molecule has 2 rings (SSSR count). The summed E-state index contributed by atoms with van der Waals surface area (Å²) in [5, 5.41) is 4.17. The molecule has 0 fully saturated rings. The molecule has 2 N–H and O–H groups in total. The van der Waals surface area contributed by atoms with Crippen molar-refractivity contribution in [2.75, 3.05) is 6.61 Å². The van der Waals surface area contributed by atoms with Gasteiger partial charge in [0.25, 0.3) is 0 Å². The first-order valence-corrected chi connectivity index (χ1v) is 6.22. The number of hydrogen-bond donors (Lipinski definition) is 1. The van der Waals surface area contributed by atoms with Gasteiger partial charge in [-0.1, -0.05) is 12.1 Å². The van der Waals surface area contributed by atoms with Gasteiger partial charge in [0.05, 0.1) is 12.3 Å². The van der Waals surface area contributed by atoms with Crippen molar-refractivity contribution in [3.8, 4) is 5.69 Å². The summed E-state index contributed by atoms with van der Waals surface area (Å²) >= 11 is 0. The molecule has 1 atom stereocenters. The molecule has 0 bridgehead atoms. The zero-order valence-electron chi connectivity index (χ0n) is 10.8. The molecule has 0 aliphatic carbocycles. The molecule has 0 radical (unpaired) electrons. The predicted octanol–water partition coefficient (Wildman–Crippen LogP) is 1.31. The van der Waals surface area contributed by atoms with E-state index in [0.29, 0.717) is 13.0 Å². The zero-order valence-corrected chi connectivity index (χ0v) is 10.8. The molecule has 1 unspecified atom stereocenters. The second-order valence-corrected chi connectivity index (χ2v) is 4.18. The molecule has 100 valence electrons. The second kappa shape index (κ2) is 6.15. The topological polar surface area (TPSA) is 70.1 Å². The fourth-order valence-corrected chi connectivity index (χ4v) is 1.83. The fraction of sp³-hybridized carbons (Fsp3) is 0.286. The highest BCUT2D eigenvalue weighted by Crippen LogP contribution is 2.11. The normalized spacial score (nSPS) is 12.1. The van der Waals surface area contributed by atoms with Crippen LogP contribution >= 0.6 is 0 Å². The SMILES string of the molecule is CCOC(=O)C(N)Cc1cccc(-n2cccn2)c1. The lowest BCUT2D eigenvalue weighted by molar-refractivity contribution is -0.144. The number of aromatic nitrogens is 2. The molecule has 0 spiro atoms. The maximum Gasteiger partial charge on any atom is 0.323 e. The highest BCUT2D eigenvalue weighted by molar-refractivity contribution is 5.75. The largest absolute Gasteiger partial charge is 0.465 e. The third-order valence-corrected chi connectivity index (χ3v) is 2.72. The number of carbonyl (C=O) groups excluding carboxylic acids is 1. The minimum atomic E-state index is -0.632. The number of ether oxygens (including phenoxy) is 1. The summed E-state index contributed by atoms with van der Waals surface area (Å²) in [6, 6.07) is 9.00. The van der Waals surface area contributed by atoms with E-state index >= 15 is 0 Å². The first kappa shape index (κ1) is 13.3. The number of esters is 1. The van der Waals surface area contributed by atoms with E-state index in [1.54, 1.807) is 17.8 Å².